The van der Waals surface area contributed by atoms with Crippen molar-refractivity contribution in [3.63, 3.8) is 0 Å². The van der Waals surface area contributed by atoms with Gasteiger partial charge in [0, 0.05) is 6.54 Å². The number of benzene rings is 1. The van der Waals surface area contributed by atoms with Crippen LogP contribution in [0.1, 0.15) is 33.7 Å². The number of carbonyl (C=O) groups is 1. The minimum Gasteiger partial charge on any atom is -0.377 e. The topological polar surface area (TPSA) is 68.5 Å². The van der Waals surface area contributed by atoms with Gasteiger partial charge in [0.15, 0.2) is 5.82 Å². The molecule has 1 atom stereocenters. The van der Waals surface area contributed by atoms with E-state index in [0.717, 1.165) is 5.56 Å². The van der Waals surface area contributed by atoms with E-state index in [4.69, 9.17) is 9.26 Å². The number of aryl methyl sites for hydroxylation is 2. The molecule has 1 fully saturated rings. The van der Waals surface area contributed by atoms with Gasteiger partial charge in [-0.2, -0.15) is 4.98 Å². The first-order chi connectivity index (χ1) is 10.6. The maximum absolute atomic E-state index is 14.1. The van der Waals surface area contributed by atoms with Gasteiger partial charge >= 0.3 is 0 Å². The van der Waals surface area contributed by atoms with Crippen molar-refractivity contribution in [3.05, 3.63) is 46.9 Å². The molecule has 116 valence electrons. The van der Waals surface area contributed by atoms with Gasteiger partial charge in [0.25, 0.3) is 11.8 Å². The molecular formula is C15H16FN3O3. The number of nitrogens with zero attached hydrogens (tertiary/aromatic N) is 3. The Morgan fingerprint density at radius 3 is 2.91 bits per heavy atom. The zero-order valence-electron chi connectivity index (χ0n) is 12.4. The predicted molar refractivity (Wildman–Crippen MR) is 74.8 cm³/mol. The fourth-order valence-corrected chi connectivity index (χ4v) is 2.45. The van der Waals surface area contributed by atoms with Crippen molar-refractivity contribution in [1.82, 2.24) is 15.0 Å². The monoisotopic (exact) mass is 305 g/mol. The fraction of sp³-hybridized carbons (Fsp3) is 0.400. The molecule has 0 N–H and O–H groups in total. The van der Waals surface area contributed by atoms with Crippen LogP contribution in [0.25, 0.3) is 0 Å². The van der Waals surface area contributed by atoms with Crippen LogP contribution < -0.4 is 0 Å². The SMILES string of the molecule is Cc1ccc(C(=O)N2CCOC[C@@H]2c2nc(C)no2)c(F)c1. The summed E-state index contributed by atoms with van der Waals surface area (Å²) in [6.45, 7) is 4.46. The number of hydrogen-bond acceptors (Lipinski definition) is 5. The number of rotatable bonds is 2. The Balaban J connectivity index is 1.91. The summed E-state index contributed by atoms with van der Waals surface area (Å²) >= 11 is 0. The summed E-state index contributed by atoms with van der Waals surface area (Å²) in [6, 6.07) is 4.06. The van der Waals surface area contributed by atoms with Gasteiger partial charge in [-0.15, -0.1) is 0 Å². The summed E-state index contributed by atoms with van der Waals surface area (Å²) in [5.41, 5.74) is 0.800. The first-order valence-electron chi connectivity index (χ1n) is 7.01. The van der Waals surface area contributed by atoms with Crippen molar-refractivity contribution < 1.29 is 18.4 Å². The van der Waals surface area contributed by atoms with Crippen LogP contribution in [-0.2, 0) is 4.74 Å². The van der Waals surface area contributed by atoms with E-state index in [1.807, 2.05) is 0 Å². The Kier molecular flexibility index (Phi) is 3.89. The maximum Gasteiger partial charge on any atom is 0.257 e. The first kappa shape index (κ1) is 14.6. The number of amides is 1. The van der Waals surface area contributed by atoms with Crippen LogP contribution >= 0.6 is 0 Å². The smallest absolute Gasteiger partial charge is 0.257 e. The van der Waals surface area contributed by atoms with Gasteiger partial charge in [-0.25, -0.2) is 4.39 Å². The van der Waals surface area contributed by atoms with Crippen molar-refractivity contribution >= 4 is 5.91 Å². The van der Waals surface area contributed by atoms with Crippen molar-refractivity contribution in [3.8, 4) is 0 Å². The number of ether oxygens (including phenoxy) is 1. The molecule has 1 aromatic carbocycles. The van der Waals surface area contributed by atoms with Crippen LogP contribution in [0.3, 0.4) is 0 Å². The maximum atomic E-state index is 14.1. The number of hydrogen-bond donors (Lipinski definition) is 0. The molecule has 1 aliphatic rings. The lowest BCUT2D eigenvalue weighted by atomic mass is 10.1. The highest BCUT2D eigenvalue weighted by Gasteiger charge is 2.34. The lowest BCUT2D eigenvalue weighted by molar-refractivity contribution is -0.0121. The third-order valence-electron chi connectivity index (χ3n) is 3.57. The molecule has 1 aliphatic heterocycles. The molecule has 0 aliphatic carbocycles. The van der Waals surface area contributed by atoms with E-state index in [-0.39, 0.29) is 12.2 Å². The highest BCUT2D eigenvalue weighted by atomic mass is 19.1. The number of halogens is 1. The van der Waals surface area contributed by atoms with Gasteiger partial charge in [0.1, 0.15) is 11.9 Å². The summed E-state index contributed by atoms with van der Waals surface area (Å²) in [5.74, 6) is -0.147. The highest BCUT2D eigenvalue weighted by Crippen LogP contribution is 2.25. The molecule has 1 saturated heterocycles. The van der Waals surface area contributed by atoms with Crippen LogP contribution in [0.5, 0.6) is 0 Å². The molecule has 2 heterocycles. The highest BCUT2D eigenvalue weighted by molar-refractivity contribution is 5.94. The molecule has 22 heavy (non-hydrogen) atoms. The van der Waals surface area contributed by atoms with Gasteiger partial charge in [-0.3, -0.25) is 4.79 Å². The normalized spacial score (nSPS) is 18.5. The molecule has 0 bridgehead atoms. The number of aromatic nitrogens is 2. The largest absolute Gasteiger partial charge is 0.377 e. The summed E-state index contributed by atoms with van der Waals surface area (Å²) in [4.78, 5) is 18.3. The van der Waals surface area contributed by atoms with E-state index in [9.17, 15) is 9.18 Å². The van der Waals surface area contributed by atoms with E-state index >= 15 is 0 Å². The number of carbonyl (C=O) groups excluding carboxylic acids is 1. The Labute approximate surface area is 126 Å². The van der Waals surface area contributed by atoms with Crippen LogP contribution in [-0.4, -0.2) is 40.7 Å². The van der Waals surface area contributed by atoms with Crippen LogP contribution in [0.4, 0.5) is 4.39 Å². The lowest BCUT2D eigenvalue weighted by Gasteiger charge is -2.33. The molecule has 3 rings (SSSR count). The summed E-state index contributed by atoms with van der Waals surface area (Å²) < 4.78 is 24.6. The van der Waals surface area contributed by atoms with Crippen molar-refractivity contribution in [1.29, 1.82) is 0 Å². The van der Waals surface area contributed by atoms with Crippen LogP contribution in [0.15, 0.2) is 22.7 Å². The second-order valence-corrected chi connectivity index (χ2v) is 5.25. The molecule has 1 amide bonds. The van der Waals surface area contributed by atoms with E-state index in [1.165, 1.54) is 17.0 Å². The van der Waals surface area contributed by atoms with Crippen LogP contribution in [0, 0.1) is 19.7 Å². The predicted octanol–water partition coefficient (Wildman–Crippen LogP) is 2.04. The second kappa shape index (κ2) is 5.84. The van der Waals surface area contributed by atoms with Gasteiger partial charge in [-0.05, 0) is 31.5 Å². The minimum absolute atomic E-state index is 0.0359. The van der Waals surface area contributed by atoms with Crippen molar-refractivity contribution in [2.75, 3.05) is 19.8 Å². The minimum atomic E-state index is -0.531. The molecular weight excluding hydrogens is 289 g/mol. The van der Waals surface area contributed by atoms with Gasteiger partial charge in [0.2, 0.25) is 0 Å². The van der Waals surface area contributed by atoms with E-state index in [1.54, 1.807) is 19.9 Å². The molecule has 0 radical (unpaired) electrons. The average molecular weight is 305 g/mol. The summed E-state index contributed by atoms with van der Waals surface area (Å²) in [5, 5.41) is 3.73. The molecule has 2 aromatic rings. The van der Waals surface area contributed by atoms with Gasteiger partial charge in [-0.1, -0.05) is 11.2 Å². The van der Waals surface area contributed by atoms with Gasteiger partial charge < -0.3 is 14.2 Å². The Hall–Kier alpha value is -2.28. The third-order valence-corrected chi connectivity index (χ3v) is 3.57. The third kappa shape index (κ3) is 2.71. The zero-order valence-corrected chi connectivity index (χ0v) is 12.4. The van der Waals surface area contributed by atoms with Crippen molar-refractivity contribution in [2.24, 2.45) is 0 Å². The summed E-state index contributed by atoms with van der Waals surface area (Å²) in [7, 11) is 0. The second-order valence-electron chi connectivity index (χ2n) is 5.25. The zero-order chi connectivity index (χ0) is 15.7. The molecule has 0 spiro atoms. The lowest BCUT2D eigenvalue weighted by Crippen LogP contribution is -2.43. The summed E-state index contributed by atoms with van der Waals surface area (Å²) in [6.07, 6.45) is 0. The first-order valence-corrected chi connectivity index (χ1v) is 7.01. The van der Waals surface area contributed by atoms with E-state index in [0.29, 0.717) is 24.9 Å². The van der Waals surface area contributed by atoms with Crippen LogP contribution in [0.2, 0.25) is 0 Å². The Morgan fingerprint density at radius 1 is 1.41 bits per heavy atom. The van der Waals surface area contributed by atoms with Crippen molar-refractivity contribution in [2.45, 2.75) is 19.9 Å². The fourth-order valence-electron chi connectivity index (χ4n) is 2.45. The Morgan fingerprint density at radius 2 is 2.23 bits per heavy atom. The van der Waals surface area contributed by atoms with E-state index < -0.39 is 17.8 Å². The standard InChI is InChI=1S/C15H16FN3O3/c1-9-3-4-11(12(16)7-9)15(20)19-5-6-21-8-13(19)14-17-10(2)18-22-14/h3-4,7,13H,5-6,8H2,1-2H3/t13-/m1/s1. The molecule has 7 heteroatoms. The Bertz CT molecular complexity index is 701. The quantitative estimate of drug-likeness (QED) is 0.849. The molecule has 0 saturated carbocycles. The van der Waals surface area contributed by atoms with Gasteiger partial charge in [0.05, 0.1) is 18.8 Å². The molecule has 0 unspecified atom stereocenters. The average Bonchev–Trinajstić information content (AvgIpc) is 2.93. The molecule has 1 aromatic heterocycles. The number of morpholine rings is 1. The van der Waals surface area contributed by atoms with E-state index in [2.05, 4.69) is 10.1 Å². The molecule has 6 nitrogen and oxygen atoms in total.